The van der Waals surface area contributed by atoms with E-state index in [4.69, 9.17) is 0 Å². The van der Waals surface area contributed by atoms with E-state index in [2.05, 4.69) is 133 Å². The highest BCUT2D eigenvalue weighted by molar-refractivity contribution is 7.26. The minimum Gasteiger partial charge on any atom is -0.306 e. The molecule has 85 heavy (non-hydrogen) atoms. The standard InChI is InChI=1S/C77H100N2O2S4/c1-9-14-19-22-25-26-29-32-35-55(34-31-28-24-21-16-11-3)51-79-75(73-72(77(79)81)74(67-41-38-53(7)82-67)78(76(73)80)50-52(6)33-30-27-23-20-15-10-2)68-45-44-66(85-68)69-49-63-65(84-69)43-40-59-61-47-56(36-17-12-4)70-58(39-42-64-62(70)46-54(8)83-64)60(61)48-57(71(59)63)37-18-13-5/h38-49,52,55H,9-37,50-51H2,1-8H3. The Hall–Kier alpha value is -4.60. The molecule has 4 nitrogen and oxygen atoms in total. The van der Waals surface area contributed by atoms with Crippen LogP contribution in [-0.4, -0.2) is 34.7 Å². The molecule has 4 aromatic heterocycles. The van der Waals surface area contributed by atoms with Gasteiger partial charge in [0.25, 0.3) is 11.8 Å². The first-order valence-corrected chi connectivity index (χ1v) is 37.4. The van der Waals surface area contributed by atoms with Crippen LogP contribution in [-0.2, 0) is 22.4 Å². The van der Waals surface area contributed by atoms with E-state index in [-0.39, 0.29) is 11.8 Å². The van der Waals surface area contributed by atoms with Gasteiger partial charge in [-0.3, -0.25) is 9.59 Å². The van der Waals surface area contributed by atoms with Crippen molar-refractivity contribution in [2.75, 3.05) is 13.1 Å². The third-order valence-electron chi connectivity index (χ3n) is 18.9. The molecule has 2 atom stereocenters. The Morgan fingerprint density at radius 1 is 0.376 bits per heavy atom. The lowest BCUT2D eigenvalue weighted by Crippen LogP contribution is -2.34. The quantitative estimate of drug-likeness (QED) is 0.0290. The third-order valence-corrected chi connectivity index (χ3v) is 23.3. The van der Waals surface area contributed by atoms with Gasteiger partial charge in [-0.05, 0) is 175 Å². The second-order valence-corrected chi connectivity index (χ2v) is 30.6. The largest absolute Gasteiger partial charge is 0.306 e. The number of aryl methyl sites for hydroxylation is 4. The second kappa shape index (κ2) is 30.5. The van der Waals surface area contributed by atoms with Crippen LogP contribution < -0.4 is 0 Å². The highest BCUT2D eigenvalue weighted by Gasteiger charge is 2.50. The van der Waals surface area contributed by atoms with Gasteiger partial charge in [-0.25, -0.2) is 0 Å². The van der Waals surface area contributed by atoms with Crippen LogP contribution in [0.2, 0.25) is 0 Å². The van der Waals surface area contributed by atoms with Crippen molar-refractivity contribution in [3.05, 3.63) is 115 Å². The Morgan fingerprint density at radius 3 is 1.34 bits per heavy atom. The van der Waals surface area contributed by atoms with Crippen LogP contribution >= 0.6 is 45.3 Å². The number of carbonyl (C=O) groups excluding carboxylic acids is 2. The highest BCUT2D eigenvalue weighted by atomic mass is 32.1. The fraction of sp³-hybridized carbons (Fsp3) is 0.532. The number of benzene rings is 4. The van der Waals surface area contributed by atoms with Gasteiger partial charge in [0.05, 0.1) is 32.3 Å². The van der Waals surface area contributed by atoms with Crippen LogP contribution in [0.4, 0.5) is 0 Å². The zero-order valence-corrected chi connectivity index (χ0v) is 56.6. The summed E-state index contributed by atoms with van der Waals surface area (Å²) in [6.07, 6.45) is 35.6. The maximum Gasteiger partial charge on any atom is 0.261 e. The number of carbonyl (C=O) groups is 2. The zero-order valence-electron chi connectivity index (χ0n) is 53.3. The molecule has 2 aliphatic heterocycles. The summed E-state index contributed by atoms with van der Waals surface area (Å²) in [6, 6.07) is 28.6. The maximum atomic E-state index is 15.9. The Morgan fingerprint density at radius 2 is 0.824 bits per heavy atom. The number of nitrogens with zero attached hydrogens (tertiary/aromatic N) is 2. The lowest BCUT2D eigenvalue weighted by atomic mass is 9.87. The average molecular weight is 1210 g/mol. The second-order valence-electron chi connectivity index (χ2n) is 25.8. The van der Waals surface area contributed by atoms with Gasteiger partial charge in [-0.1, -0.05) is 195 Å². The molecule has 0 saturated heterocycles. The van der Waals surface area contributed by atoms with Crippen LogP contribution in [0.15, 0.2) is 83.9 Å². The summed E-state index contributed by atoms with van der Waals surface area (Å²) in [5, 5.41) is 11.1. The topological polar surface area (TPSA) is 40.6 Å². The van der Waals surface area contributed by atoms with Gasteiger partial charge < -0.3 is 9.80 Å². The Labute approximate surface area is 527 Å². The van der Waals surface area contributed by atoms with Crippen molar-refractivity contribution in [3.8, 4) is 9.75 Å². The minimum atomic E-state index is 0.0165. The normalized spacial score (nSPS) is 14.7. The lowest BCUT2D eigenvalue weighted by molar-refractivity contribution is -0.124. The summed E-state index contributed by atoms with van der Waals surface area (Å²) in [5.74, 6) is 0.736. The number of fused-ring (bicyclic) bond motifs is 10. The summed E-state index contributed by atoms with van der Waals surface area (Å²) < 4.78 is 2.70. The number of thiophene rings is 4. The van der Waals surface area contributed by atoms with Crippen LogP contribution in [0, 0.1) is 25.7 Å². The molecular formula is C77H100N2O2S4. The number of amides is 2. The Balaban J connectivity index is 1.05. The van der Waals surface area contributed by atoms with E-state index in [1.165, 1.54) is 224 Å². The lowest BCUT2D eigenvalue weighted by Gasteiger charge is -2.29. The molecule has 2 aliphatic rings. The Bertz CT molecular complexity index is 3630. The zero-order chi connectivity index (χ0) is 59.4. The van der Waals surface area contributed by atoms with Gasteiger partial charge in [0, 0.05) is 52.8 Å². The monoisotopic (exact) mass is 1210 g/mol. The van der Waals surface area contributed by atoms with Gasteiger partial charge in [-0.15, -0.1) is 45.3 Å². The molecule has 0 bridgehead atoms. The van der Waals surface area contributed by atoms with Crippen molar-refractivity contribution < 1.29 is 9.59 Å². The van der Waals surface area contributed by atoms with E-state index in [9.17, 15) is 0 Å². The molecule has 0 fully saturated rings. The summed E-state index contributed by atoms with van der Waals surface area (Å²) in [4.78, 5) is 42.9. The van der Waals surface area contributed by atoms with Crippen LogP contribution in [0.1, 0.15) is 246 Å². The first-order valence-electron chi connectivity index (χ1n) is 34.1. The van der Waals surface area contributed by atoms with Crippen molar-refractivity contribution in [2.24, 2.45) is 11.8 Å². The predicted molar refractivity (Wildman–Crippen MR) is 377 cm³/mol. The summed E-state index contributed by atoms with van der Waals surface area (Å²) in [6.45, 7) is 19.5. The van der Waals surface area contributed by atoms with Crippen molar-refractivity contribution in [2.45, 2.75) is 242 Å². The number of hydrogen-bond donors (Lipinski definition) is 0. The fourth-order valence-electron chi connectivity index (χ4n) is 14.3. The molecule has 0 aliphatic carbocycles. The van der Waals surface area contributed by atoms with Crippen molar-refractivity contribution in [3.63, 3.8) is 0 Å². The van der Waals surface area contributed by atoms with Crippen LogP contribution in [0.3, 0.4) is 0 Å². The molecule has 8 aromatic rings. The molecule has 0 spiro atoms. The smallest absolute Gasteiger partial charge is 0.261 e. The van der Waals surface area contributed by atoms with E-state index in [1.807, 2.05) is 27.6 Å². The number of rotatable bonds is 36. The molecule has 0 N–H and O–H groups in total. The SMILES string of the molecule is CCCCCCCCCCC(CCCCCCCC)CN1C(=O)C2=C(c3ccc(C)s3)N(CC(C)CCCCCCCC)C(=O)C2=C1c1ccc(-c2cc3c(ccc4c5cc(CCCC)c6c7cc(C)sc7ccc6c5cc(CCCC)c34)s2)s1. The summed E-state index contributed by atoms with van der Waals surface area (Å²) in [7, 11) is 0. The van der Waals surface area contributed by atoms with Gasteiger partial charge in [0.1, 0.15) is 0 Å². The average Bonchev–Trinajstić information content (AvgIpc) is 2.25. The van der Waals surface area contributed by atoms with E-state index in [0.717, 1.165) is 66.1 Å². The highest BCUT2D eigenvalue weighted by Crippen LogP contribution is 2.52. The molecule has 2 unspecified atom stereocenters. The first kappa shape index (κ1) is 63.4. The molecular weight excluding hydrogens is 1110 g/mol. The number of hydrogen-bond acceptors (Lipinski definition) is 6. The van der Waals surface area contributed by atoms with E-state index in [1.54, 1.807) is 22.7 Å². The molecule has 6 heterocycles. The molecule has 0 saturated carbocycles. The molecule has 0 radical (unpaired) electrons. The molecule has 4 aromatic carbocycles. The predicted octanol–water partition coefficient (Wildman–Crippen LogP) is 24.8. The number of unbranched alkanes of at least 4 members (excludes halogenated alkanes) is 19. The minimum absolute atomic E-state index is 0.0165. The van der Waals surface area contributed by atoms with Crippen LogP contribution in [0.5, 0.6) is 0 Å². The fourth-order valence-corrected chi connectivity index (χ4v) is 18.4. The van der Waals surface area contributed by atoms with Gasteiger partial charge in [0.15, 0.2) is 0 Å². The van der Waals surface area contributed by atoms with E-state index < -0.39 is 0 Å². The summed E-state index contributed by atoms with van der Waals surface area (Å²) in [5.41, 5.74) is 5.94. The molecule has 10 rings (SSSR count). The van der Waals surface area contributed by atoms with E-state index >= 15 is 9.59 Å². The van der Waals surface area contributed by atoms with E-state index in [0.29, 0.717) is 36.1 Å². The third kappa shape index (κ3) is 14.5. The van der Waals surface area contributed by atoms with Gasteiger partial charge >= 0.3 is 0 Å². The van der Waals surface area contributed by atoms with Gasteiger partial charge in [0.2, 0.25) is 0 Å². The van der Waals surface area contributed by atoms with Crippen LogP contribution in [0.25, 0.3) is 73.6 Å². The van der Waals surface area contributed by atoms with Crippen molar-refractivity contribution >= 4 is 121 Å². The van der Waals surface area contributed by atoms with Crippen molar-refractivity contribution in [1.29, 1.82) is 0 Å². The molecule has 2 amide bonds. The Kier molecular flexibility index (Phi) is 22.8. The summed E-state index contributed by atoms with van der Waals surface area (Å²) >= 11 is 7.33. The molecule has 454 valence electrons. The maximum absolute atomic E-state index is 15.9. The van der Waals surface area contributed by atoms with Gasteiger partial charge in [-0.2, -0.15) is 0 Å². The first-order chi connectivity index (χ1) is 41.6. The molecule has 8 heteroatoms. The van der Waals surface area contributed by atoms with Crippen molar-refractivity contribution in [1.82, 2.24) is 9.80 Å².